The number of hydrogen-bond donors (Lipinski definition) is 2. The van der Waals surface area contributed by atoms with Gasteiger partial charge in [0.05, 0.1) is 18.4 Å². The minimum absolute atomic E-state index is 0.567. The van der Waals surface area contributed by atoms with E-state index in [2.05, 4.69) is 15.7 Å². The summed E-state index contributed by atoms with van der Waals surface area (Å²) in [6.07, 6.45) is 3.62. The Morgan fingerprint density at radius 1 is 1.50 bits per heavy atom. The van der Waals surface area contributed by atoms with Crippen LogP contribution in [0.2, 0.25) is 5.02 Å². The van der Waals surface area contributed by atoms with Gasteiger partial charge in [0.2, 0.25) is 0 Å². The van der Waals surface area contributed by atoms with Crippen molar-refractivity contribution in [1.29, 1.82) is 0 Å². The Balaban J connectivity index is 2.04. The number of benzene rings is 1. The molecule has 4 nitrogen and oxygen atoms in total. The molecule has 6 heteroatoms. The van der Waals surface area contributed by atoms with E-state index in [1.807, 2.05) is 35.1 Å². The Morgan fingerprint density at radius 2 is 2.33 bits per heavy atom. The number of hydrogen-bond acceptors (Lipinski definition) is 2. The quantitative estimate of drug-likeness (QED) is 0.848. The number of rotatable bonds is 3. The Hall–Kier alpha value is -1.59. The molecule has 1 heterocycles. The maximum atomic E-state index is 5.94. The highest BCUT2D eigenvalue weighted by Gasteiger charge is 2.01. The molecule has 94 valence electrons. The van der Waals surface area contributed by atoms with Crippen LogP contribution in [0.3, 0.4) is 0 Å². The molecular formula is C12H13ClN4S. The van der Waals surface area contributed by atoms with Gasteiger partial charge in [-0.2, -0.15) is 5.10 Å². The zero-order valence-electron chi connectivity index (χ0n) is 9.85. The fourth-order valence-corrected chi connectivity index (χ4v) is 1.86. The number of aromatic nitrogens is 2. The van der Waals surface area contributed by atoms with Crippen LogP contribution in [0.5, 0.6) is 0 Å². The molecule has 1 aromatic heterocycles. The van der Waals surface area contributed by atoms with E-state index >= 15 is 0 Å². The molecule has 2 rings (SSSR count). The lowest BCUT2D eigenvalue weighted by Gasteiger charge is -2.03. The van der Waals surface area contributed by atoms with Crippen LogP contribution in [-0.2, 0) is 6.54 Å². The first-order valence-electron chi connectivity index (χ1n) is 5.43. The molecule has 0 saturated heterocycles. The van der Waals surface area contributed by atoms with Gasteiger partial charge >= 0.3 is 0 Å². The minimum Gasteiger partial charge on any atom is -0.366 e. The molecule has 0 spiro atoms. The number of thiocarbonyl (C=S) groups is 1. The van der Waals surface area contributed by atoms with Crippen LogP contribution in [0.15, 0.2) is 36.7 Å². The maximum Gasteiger partial charge on any atom is 0.170 e. The third kappa shape index (κ3) is 3.45. The molecule has 18 heavy (non-hydrogen) atoms. The summed E-state index contributed by atoms with van der Waals surface area (Å²) in [5, 5.41) is 11.4. The van der Waals surface area contributed by atoms with Crippen molar-refractivity contribution in [1.82, 2.24) is 15.1 Å². The first-order chi connectivity index (χ1) is 8.67. The van der Waals surface area contributed by atoms with Crippen molar-refractivity contribution in [2.75, 3.05) is 12.4 Å². The second-order valence-corrected chi connectivity index (χ2v) is 4.61. The fraction of sp³-hybridized carbons (Fsp3) is 0.167. The van der Waals surface area contributed by atoms with Gasteiger partial charge < -0.3 is 10.6 Å². The van der Waals surface area contributed by atoms with E-state index in [9.17, 15) is 0 Å². The van der Waals surface area contributed by atoms with E-state index in [4.69, 9.17) is 23.8 Å². The second kappa shape index (κ2) is 5.84. The zero-order valence-corrected chi connectivity index (χ0v) is 11.4. The van der Waals surface area contributed by atoms with E-state index in [0.29, 0.717) is 11.7 Å². The third-order valence-electron chi connectivity index (χ3n) is 2.35. The standard InChI is InChI=1S/C12H13ClN4S/c1-14-12(18)16-11-6-15-17(8-11)7-9-3-2-4-10(13)5-9/h2-6,8H,7H2,1H3,(H2,14,16,18). The van der Waals surface area contributed by atoms with Crippen LogP contribution in [-0.4, -0.2) is 21.9 Å². The number of halogens is 1. The molecule has 0 unspecified atom stereocenters. The number of anilines is 1. The molecule has 0 aliphatic carbocycles. The fourth-order valence-electron chi connectivity index (χ4n) is 1.53. The monoisotopic (exact) mass is 280 g/mol. The predicted molar refractivity (Wildman–Crippen MR) is 78.1 cm³/mol. The first kappa shape index (κ1) is 12.9. The lowest BCUT2D eigenvalue weighted by molar-refractivity contribution is 0.687. The highest BCUT2D eigenvalue weighted by atomic mass is 35.5. The molecule has 0 fully saturated rings. The average Bonchev–Trinajstić information content (AvgIpc) is 2.76. The summed E-state index contributed by atoms with van der Waals surface area (Å²) < 4.78 is 1.83. The van der Waals surface area contributed by atoms with Gasteiger partial charge in [-0.3, -0.25) is 4.68 Å². The molecule has 0 bridgehead atoms. The lowest BCUT2D eigenvalue weighted by Crippen LogP contribution is -2.23. The molecule has 0 saturated carbocycles. The van der Waals surface area contributed by atoms with Gasteiger partial charge in [-0.05, 0) is 29.9 Å². The van der Waals surface area contributed by atoms with Crippen LogP contribution >= 0.6 is 23.8 Å². The summed E-state index contributed by atoms with van der Waals surface area (Å²) in [7, 11) is 1.77. The van der Waals surface area contributed by atoms with Gasteiger partial charge in [0, 0.05) is 18.3 Å². The Morgan fingerprint density at radius 3 is 3.06 bits per heavy atom. The maximum absolute atomic E-state index is 5.94. The van der Waals surface area contributed by atoms with E-state index in [-0.39, 0.29) is 0 Å². The molecule has 2 aromatic rings. The minimum atomic E-state index is 0.567. The predicted octanol–water partition coefficient (Wildman–Crippen LogP) is 2.50. The average molecular weight is 281 g/mol. The molecule has 0 atom stereocenters. The van der Waals surface area contributed by atoms with Crippen molar-refractivity contribution in [3.05, 3.63) is 47.2 Å². The van der Waals surface area contributed by atoms with Crippen LogP contribution in [0.1, 0.15) is 5.56 Å². The van der Waals surface area contributed by atoms with E-state index < -0.39 is 0 Å². The summed E-state index contributed by atoms with van der Waals surface area (Å²) in [6, 6.07) is 7.72. The lowest BCUT2D eigenvalue weighted by atomic mass is 10.2. The van der Waals surface area contributed by atoms with Crippen molar-refractivity contribution in [2.24, 2.45) is 0 Å². The Labute approximate surface area is 116 Å². The Kier molecular flexibility index (Phi) is 4.17. The second-order valence-electron chi connectivity index (χ2n) is 3.76. The molecule has 1 aromatic carbocycles. The van der Waals surface area contributed by atoms with Gasteiger partial charge in [-0.25, -0.2) is 0 Å². The Bertz CT molecular complexity index is 553. The van der Waals surface area contributed by atoms with Gasteiger partial charge in [-0.15, -0.1) is 0 Å². The molecule has 2 N–H and O–H groups in total. The summed E-state index contributed by atoms with van der Waals surface area (Å²) in [4.78, 5) is 0. The summed E-state index contributed by atoms with van der Waals surface area (Å²) in [5.41, 5.74) is 1.96. The van der Waals surface area contributed by atoms with E-state index in [1.165, 1.54) is 0 Å². The normalized spacial score (nSPS) is 10.1. The SMILES string of the molecule is CNC(=S)Nc1cnn(Cc2cccc(Cl)c2)c1. The highest BCUT2D eigenvalue weighted by molar-refractivity contribution is 7.80. The molecule has 0 aliphatic rings. The van der Waals surface area contributed by atoms with Gasteiger partial charge in [0.1, 0.15) is 0 Å². The molecule has 0 amide bonds. The van der Waals surface area contributed by atoms with Crippen molar-refractivity contribution in [3.63, 3.8) is 0 Å². The van der Waals surface area contributed by atoms with Crippen LogP contribution < -0.4 is 10.6 Å². The first-order valence-corrected chi connectivity index (χ1v) is 6.21. The highest BCUT2D eigenvalue weighted by Crippen LogP contribution is 2.12. The molecule has 0 radical (unpaired) electrons. The number of nitrogens with zero attached hydrogens (tertiary/aromatic N) is 2. The van der Waals surface area contributed by atoms with Crippen molar-refractivity contribution >= 4 is 34.6 Å². The number of nitrogens with one attached hydrogen (secondary N) is 2. The topological polar surface area (TPSA) is 41.9 Å². The van der Waals surface area contributed by atoms with Gasteiger partial charge in [-0.1, -0.05) is 23.7 Å². The smallest absolute Gasteiger partial charge is 0.170 e. The van der Waals surface area contributed by atoms with Crippen molar-refractivity contribution < 1.29 is 0 Å². The van der Waals surface area contributed by atoms with Crippen molar-refractivity contribution in [3.8, 4) is 0 Å². The van der Waals surface area contributed by atoms with Crippen LogP contribution in [0.25, 0.3) is 0 Å². The largest absolute Gasteiger partial charge is 0.366 e. The molecule has 0 aliphatic heterocycles. The summed E-state index contributed by atoms with van der Waals surface area (Å²) in [5.74, 6) is 0. The zero-order chi connectivity index (χ0) is 13.0. The van der Waals surface area contributed by atoms with Gasteiger partial charge in [0.25, 0.3) is 0 Å². The van der Waals surface area contributed by atoms with Crippen molar-refractivity contribution in [2.45, 2.75) is 6.54 Å². The van der Waals surface area contributed by atoms with Crippen LogP contribution in [0.4, 0.5) is 5.69 Å². The van der Waals surface area contributed by atoms with E-state index in [0.717, 1.165) is 16.3 Å². The van der Waals surface area contributed by atoms with E-state index in [1.54, 1.807) is 13.2 Å². The molecular weight excluding hydrogens is 268 g/mol. The summed E-state index contributed by atoms with van der Waals surface area (Å²) in [6.45, 7) is 0.675. The third-order valence-corrected chi connectivity index (χ3v) is 2.89. The van der Waals surface area contributed by atoms with Crippen LogP contribution in [0, 0.1) is 0 Å². The summed E-state index contributed by atoms with van der Waals surface area (Å²) >= 11 is 11.0. The van der Waals surface area contributed by atoms with Gasteiger partial charge in [0.15, 0.2) is 5.11 Å².